The SMILES string of the molecule is COc1cc(-c2noc(CN3CCN(Cc4ccccc4)C(C)(C)C3)n2)ccc1OC(F)F. The van der Waals surface area contributed by atoms with Gasteiger partial charge >= 0.3 is 6.61 Å². The van der Waals surface area contributed by atoms with Crippen LogP contribution < -0.4 is 9.47 Å². The molecule has 33 heavy (non-hydrogen) atoms. The molecule has 0 spiro atoms. The van der Waals surface area contributed by atoms with Crippen LogP contribution in [-0.4, -0.2) is 58.8 Å². The first-order valence-corrected chi connectivity index (χ1v) is 10.8. The summed E-state index contributed by atoms with van der Waals surface area (Å²) in [7, 11) is 1.39. The van der Waals surface area contributed by atoms with Crippen LogP contribution in [0.2, 0.25) is 0 Å². The van der Waals surface area contributed by atoms with Gasteiger partial charge in [-0.2, -0.15) is 13.8 Å². The van der Waals surface area contributed by atoms with Gasteiger partial charge in [-0.15, -0.1) is 0 Å². The number of ether oxygens (including phenoxy) is 2. The second-order valence-electron chi connectivity index (χ2n) is 8.69. The molecular formula is C24H28F2N4O3. The molecule has 0 N–H and O–H groups in total. The molecule has 2 heterocycles. The molecule has 4 rings (SSSR count). The Morgan fingerprint density at radius 2 is 1.85 bits per heavy atom. The monoisotopic (exact) mass is 458 g/mol. The predicted octanol–water partition coefficient (Wildman–Crippen LogP) is 4.44. The largest absolute Gasteiger partial charge is 0.493 e. The Balaban J connectivity index is 1.40. The van der Waals surface area contributed by atoms with E-state index < -0.39 is 6.61 Å². The fourth-order valence-corrected chi connectivity index (χ4v) is 4.15. The maximum absolute atomic E-state index is 12.5. The Morgan fingerprint density at radius 3 is 2.55 bits per heavy atom. The zero-order chi connectivity index (χ0) is 23.4. The standard InChI is InChI=1S/C24H28F2N4O3/c1-24(2)16-29(11-12-30(24)14-17-7-5-4-6-8-17)15-21-27-22(28-33-21)18-9-10-19(32-23(25)26)20(13-18)31-3/h4-10,13,23H,11-12,14-16H2,1-3H3. The molecule has 0 saturated carbocycles. The van der Waals surface area contributed by atoms with Crippen LogP contribution in [0.15, 0.2) is 53.1 Å². The van der Waals surface area contributed by atoms with Crippen molar-refractivity contribution in [3.05, 3.63) is 60.0 Å². The molecule has 1 fully saturated rings. The molecule has 1 aliphatic rings. The minimum Gasteiger partial charge on any atom is -0.493 e. The van der Waals surface area contributed by atoms with Crippen molar-refractivity contribution >= 4 is 0 Å². The number of benzene rings is 2. The van der Waals surface area contributed by atoms with Crippen molar-refractivity contribution in [2.75, 3.05) is 26.7 Å². The van der Waals surface area contributed by atoms with Crippen LogP contribution in [0.25, 0.3) is 11.4 Å². The van der Waals surface area contributed by atoms with E-state index in [2.05, 4.69) is 62.8 Å². The zero-order valence-corrected chi connectivity index (χ0v) is 19.0. The van der Waals surface area contributed by atoms with Gasteiger partial charge in [0.25, 0.3) is 0 Å². The van der Waals surface area contributed by atoms with Gasteiger partial charge in [0.2, 0.25) is 11.7 Å². The van der Waals surface area contributed by atoms with Crippen LogP contribution >= 0.6 is 0 Å². The van der Waals surface area contributed by atoms with Crippen molar-refractivity contribution in [2.45, 2.75) is 39.1 Å². The highest BCUT2D eigenvalue weighted by Gasteiger charge is 2.34. The average molecular weight is 459 g/mol. The molecule has 1 saturated heterocycles. The Hall–Kier alpha value is -3.04. The van der Waals surface area contributed by atoms with E-state index in [9.17, 15) is 8.78 Å². The van der Waals surface area contributed by atoms with Crippen LogP contribution in [-0.2, 0) is 13.1 Å². The van der Waals surface area contributed by atoms with Gasteiger partial charge in [-0.25, -0.2) is 0 Å². The Bertz CT molecular complexity index is 1060. The highest BCUT2D eigenvalue weighted by Crippen LogP contribution is 2.33. The minimum absolute atomic E-state index is 0.00909. The summed E-state index contributed by atoms with van der Waals surface area (Å²) in [4.78, 5) is 9.30. The highest BCUT2D eigenvalue weighted by molar-refractivity contribution is 5.60. The molecule has 2 aromatic carbocycles. The van der Waals surface area contributed by atoms with Crippen LogP contribution in [0.1, 0.15) is 25.3 Å². The summed E-state index contributed by atoms with van der Waals surface area (Å²) in [5.74, 6) is 1.00. The maximum Gasteiger partial charge on any atom is 0.387 e. The normalized spacial score (nSPS) is 16.8. The van der Waals surface area contributed by atoms with Crippen LogP contribution in [0, 0.1) is 0 Å². The summed E-state index contributed by atoms with van der Waals surface area (Å²) in [6.07, 6.45) is 0. The number of piperazine rings is 1. The Labute approximate surface area is 191 Å². The zero-order valence-electron chi connectivity index (χ0n) is 19.0. The topological polar surface area (TPSA) is 63.9 Å². The first-order valence-electron chi connectivity index (χ1n) is 10.8. The van der Waals surface area contributed by atoms with E-state index in [1.165, 1.54) is 18.7 Å². The third kappa shape index (κ3) is 5.66. The summed E-state index contributed by atoms with van der Waals surface area (Å²) in [6, 6.07) is 15.0. The number of halogens is 2. The summed E-state index contributed by atoms with van der Waals surface area (Å²) in [6.45, 7) is 5.71. The minimum atomic E-state index is -2.93. The second kappa shape index (κ2) is 9.84. The number of hydrogen-bond acceptors (Lipinski definition) is 7. The lowest BCUT2D eigenvalue weighted by Gasteiger charge is -2.47. The lowest BCUT2D eigenvalue weighted by atomic mass is 9.97. The number of alkyl halides is 2. The van der Waals surface area contributed by atoms with Crippen molar-refractivity contribution in [2.24, 2.45) is 0 Å². The lowest BCUT2D eigenvalue weighted by molar-refractivity contribution is -0.0512. The van der Waals surface area contributed by atoms with Crippen molar-refractivity contribution in [1.29, 1.82) is 0 Å². The summed E-state index contributed by atoms with van der Waals surface area (Å²) >= 11 is 0. The van der Waals surface area contributed by atoms with Gasteiger partial charge in [-0.05, 0) is 37.6 Å². The van der Waals surface area contributed by atoms with Gasteiger partial charge in [0.05, 0.1) is 13.7 Å². The van der Waals surface area contributed by atoms with Gasteiger partial charge in [0.1, 0.15) is 0 Å². The Kier molecular flexibility index (Phi) is 6.90. The molecule has 0 aliphatic carbocycles. The van der Waals surface area contributed by atoms with E-state index >= 15 is 0 Å². The molecule has 0 unspecified atom stereocenters. The molecule has 176 valence electrons. The molecule has 0 bridgehead atoms. The van der Waals surface area contributed by atoms with E-state index in [4.69, 9.17) is 9.26 Å². The Morgan fingerprint density at radius 1 is 1.06 bits per heavy atom. The van der Waals surface area contributed by atoms with Crippen LogP contribution in [0.4, 0.5) is 8.78 Å². The van der Waals surface area contributed by atoms with Crippen molar-refractivity contribution in [3.63, 3.8) is 0 Å². The molecule has 1 aromatic heterocycles. The molecule has 1 aliphatic heterocycles. The second-order valence-corrected chi connectivity index (χ2v) is 8.69. The van der Waals surface area contributed by atoms with Gasteiger partial charge in [0.15, 0.2) is 11.5 Å². The van der Waals surface area contributed by atoms with Gasteiger partial charge in [0, 0.05) is 37.3 Å². The van der Waals surface area contributed by atoms with Crippen molar-refractivity contribution in [1.82, 2.24) is 19.9 Å². The number of rotatable bonds is 8. The fraction of sp³-hybridized carbons (Fsp3) is 0.417. The van der Waals surface area contributed by atoms with Gasteiger partial charge in [-0.3, -0.25) is 9.80 Å². The smallest absolute Gasteiger partial charge is 0.387 e. The van der Waals surface area contributed by atoms with E-state index in [1.54, 1.807) is 12.1 Å². The van der Waals surface area contributed by atoms with E-state index in [0.717, 1.165) is 26.2 Å². The molecular weight excluding hydrogens is 430 g/mol. The average Bonchev–Trinajstić information content (AvgIpc) is 3.24. The highest BCUT2D eigenvalue weighted by atomic mass is 19.3. The van der Waals surface area contributed by atoms with Crippen molar-refractivity contribution < 1.29 is 22.8 Å². The van der Waals surface area contributed by atoms with Crippen molar-refractivity contribution in [3.8, 4) is 22.9 Å². The summed E-state index contributed by atoms with van der Waals surface area (Å²) < 4.78 is 40.2. The van der Waals surface area contributed by atoms with Crippen LogP contribution in [0.3, 0.4) is 0 Å². The molecule has 9 heteroatoms. The third-order valence-electron chi connectivity index (χ3n) is 5.83. The first kappa shape index (κ1) is 23.1. The van der Waals surface area contributed by atoms with E-state index in [-0.39, 0.29) is 17.0 Å². The van der Waals surface area contributed by atoms with E-state index in [0.29, 0.717) is 23.8 Å². The maximum atomic E-state index is 12.5. The third-order valence-corrected chi connectivity index (χ3v) is 5.83. The molecule has 0 atom stereocenters. The van der Waals surface area contributed by atoms with Gasteiger partial charge in [-0.1, -0.05) is 35.5 Å². The fourth-order valence-electron chi connectivity index (χ4n) is 4.15. The molecule has 0 radical (unpaired) electrons. The van der Waals surface area contributed by atoms with E-state index in [1.807, 2.05) is 6.07 Å². The number of methoxy groups -OCH3 is 1. The molecule has 3 aromatic rings. The first-order chi connectivity index (χ1) is 15.8. The number of hydrogen-bond donors (Lipinski definition) is 0. The van der Waals surface area contributed by atoms with Crippen LogP contribution in [0.5, 0.6) is 11.5 Å². The molecule has 0 amide bonds. The summed E-state index contributed by atoms with van der Waals surface area (Å²) in [5, 5.41) is 4.06. The summed E-state index contributed by atoms with van der Waals surface area (Å²) in [5.41, 5.74) is 1.89. The number of nitrogens with zero attached hydrogens (tertiary/aromatic N) is 4. The molecule has 7 nitrogen and oxygen atoms in total. The predicted molar refractivity (Wildman–Crippen MR) is 119 cm³/mol. The lowest BCUT2D eigenvalue weighted by Crippen LogP contribution is -2.58. The number of aromatic nitrogens is 2. The quantitative estimate of drug-likeness (QED) is 0.494. The van der Waals surface area contributed by atoms with Gasteiger partial charge < -0.3 is 14.0 Å².